The van der Waals surface area contributed by atoms with Gasteiger partial charge in [0.05, 0.1) is 12.2 Å². The molecule has 1 aliphatic rings. The van der Waals surface area contributed by atoms with E-state index in [1.807, 2.05) is 24.3 Å². The Kier molecular flexibility index (Phi) is 5.57. The highest BCUT2D eigenvalue weighted by molar-refractivity contribution is 7.16. The first-order valence-corrected chi connectivity index (χ1v) is 9.07. The molecule has 1 aliphatic carbocycles. The topological polar surface area (TPSA) is 90.8 Å². The van der Waals surface area contributed by atoms with E-state index in [4.69, 9.17) is 4.74 Å². The number of benzene rings is 1. The molecule has 1 aromatic carbocycles. The number of aromatic carboxylic acids is 1. The Bertz CT molecular complexity index is 742. The van der Waals surface area contributed by atoms with E-state index in [1.54, 1.807) is 7.11 Å². The van der Waals surface area contributed by atoms with E-state index in [0.29, 0.717) is 29.3 Å². The molecular formula is C18H22N2O4S. The van der Waals surface area contributed by atoms with Crippen molar-refractivity contribution in [2.75, 3.05) is 30.9 Å². The third kappa shape index (κ3) is 3.95. The summed E-state index contributed by atoms with van der Waals surface area (Å²) < 4.78 is 4.99. The third-order valence-electron chi connectivity index (χ3n) is 4.26. The lowest BCUT2D eigenvalue weighted by Gasteiger charge is -2.15. The first-order chi connectivity index (χ1) is 12.1. The van der Waals surface area contributed by atoms with Crippen LogP contribution in [0, 0.1) is 0 Å². The highest BCUT2D eigenvalue weighted by Gasteiger charge is 2.27. The molecule has 25 heavy (non-hydrogen) atoms. The molecule has 2 aromatic rings. The van der Waals surface area contributed by atoms with Crippen LogP contribution in [0.1, 0.15) is 39.0 Å². The van der Waals surface area contributed by atoms with Gasteiger partial charge in [0.2, 0.25) is 0 Å². The van der Waals surface area contributed by atoms with Crippen LogP contribution in [0.4, 0.5) is 10.7 Å². The molecule has 0 radical (unpaired) electrons. The van der Waals surface area contributed by atoms with Gasteiger partial charge in [0.25, 0.3) is 0 Å². The van der Waals surface area contributed by atoms with Crippen LogP contribution in [0.5, 0.6) is 0 Å². The highest BCUT2D eigenvalue weighted by atomic mass is 32.1. The number of aliphatic hydroxyl groups is 1. The van der Waals surface area contributed by atoms with Gasteiger partial charge in [-0.3, -0.25) is 0 Å². The molecule has 1 aromatic heterocycles. The maximum absolute atomic E-state index is 11.6. The number of fused-ring (bicyclic) bond motifs is 1. The summed E-state index contributed by atoms with van der Waals surface area (Å²) in [5, 5.41) is 26.7. The van der Waals surface area contributed by atoms with Gasteiger partial charge in [0.1, 0.15) is 5.00 Å². The number of carbonyl (C=O) groups is 1. The Balaban J connectivity index is 1.70. The first-order valence-electron chi connectivity index (χ1n) is 8.25. The Labute approximate surface area is 150 Å². The monoisotopic (exact) mass is 362 g/mol. The lowest BCUT2D eigenvalue weighted by molar-refractivity contribution is 0.0697. The highest BCUT2D eigenvalue weighted by Crippen LogP contribution is 2.40. The summed E-state index contributed by atoms with van der Waals surface area (Å²) in [4.78, 5) is 12.7. The summed E-state index contributed by atoms with van der Waals surface area (Å²) in [6.45, 7) is 1.33. The molecule has 0 fully saturated rings. The van der Waals surface area contributed by atoms with Crippen LogP contribution in [0.15, 0.2) is 24.3 Å². The van der Waals surface area contributed by atoms with Crippen LogP contribution in [0.3, 0.4) is 0 Å². The molecule has 7 heteroatoms. The van der Waals surface area contributed by atoms with E-state index < -0.39 is 12.2 Å². The molecule has 0 saturated carbocycles. The lowest BCUT2D eigenvalue weighted by atomic mass is 10.1. The van der Waals surface area contributed by atoms with E-state index in [9.17, 15) is 15.0 Å². The quantitative estimate of drug-likeness (QED) is 0.426. The van der Waals surface area contributed by atoms with Gasteiger partial charge in [0.15, 0.2) is 6.23 Å². The van der Waals surface area contributed by atoms with Gasteiger partial charge in [-0.05, 0) is 37.0 Å². The van der Waals surface area contributed by atoms with Crippen LogP contribution in [-0.4, -0.2) is 36.4 Å². The van der Waals surface area contributed by atoms with Gasteiger partial charge in [-0.15, -0.1) is 11.3 Å². The van der Waals surface area contributed by atoms with Crippen LogP contribution < -0.4 is 10.6 Å². The molecule has 3 rings (SSSR count). The van der Waals surface area contributed by atoms with E-state index >= 15 is 0 Å². The smallest absolute Gasteiger partial charge is 0.338 e. The summed E-state index contributed by atoms with van der Waals surface area (Å²) in [6.07, 6.45) is 1.76. The van der Waals surface area contributed by atoms with Gasteiger partial charge in [-0.2, -0.15) is 0 Å². The largest absolute Gasteiger partial charge is 0.478 e. The van der Waals surface area contributed by atoms with Gasteiger partial charge in [-0.25, -0.2) is 4.79 Å². The second kappa shape index (κ2) is 7.86. The Morgan fingerprint density at radius 3 is 2.76 bits per heavy atom. The molecule has 0 bridgehead atoms. The molecule has 0 aliphatic heterocycles. The molecule has 1 unspecified atom stereocenters. The number of hydrogen-bond acceptors (Lipinski definition) is 6. The van der Waals surface area contributed by atoms with Gasteiger partial charge < -0.3 is 25.6 Å². The summed E-state index contributed by atoms with van der Waals surface area (Å²) in [5.74, 6) is -0.938. The standard InChI is InChI=1S/C18H22N2O4S/c1-24-10-9-19-12-7-5-11(6-8-12)16(21)20-17-15(18(22)23)13-3-2-4-14(13)25-17/h5-8,16,19-21H,2-4,9-10H2,1H3,(H,22,23). The van der Waals surface area contributed by atoms with Crippen molar-refractivity contribution >= 4 is 28.0 Å². The average molecular weight is 362 g/mol. The van der Waals surface area contributed by atoms with Crippen molar-refractivity contribution in [3.63, 3.8) is 0 Å². The molecule has 0 saturated heterocycles. The average Bonchev–Trinajstić information content (AvgIpc) is 3.15. The van der Waals surface area contributed by atoms with E-state index in [2.05, 4.69) is 10.6 Å². The fourth-order valence-corrected chi connectivity index (χ4v) is 4.32. The first kappa shape index (κ1) is 17.7. The second-order valence-electron chi connectivity index (χ2n) is 5.96. The van der Waals surface area contributed by atoms with Crippen molar-refractivity contribution in [2.45, 2.75) is 25.5 Å². The SMILES string of the molecule is COCCNc1ccc(C(O)Nc2sc3c(c2C(=O)O)CCC3)cc1. The van der Waals surface area contributed by atoms with E-state index in [-0.39, 0.29) is 0 Å². The van der Waals surface area contributed by atoms with Gasteiger partial charge in [-0.1, -0.05) is 12.1 Å². The van der Waals surface area contributed by atoms with Gasteiger partial charge >= 0.3 is 5.97 Å². The maximum atomic E-state index is 11.6. The number of ether oxygens (including phenoxy) is 1. The number of aliphatic hydroxyl groups excluding tert-OH is 1. The molecular weight excluding hydrogens is 340 g/mol. The van der Waals surface area contributed by atoms with Crippen molar-refractivity contribution in [1.29, 1.82) is 0 Å². The fourth-order valence-electron chi connectivity index (χ4n) is 3.02. The zero-order chi connectivity index (χ0) is 17.8. The summed E-state index contributed by atoms with van der Waals surface area (Å²) >= 11 is 1.44. The van der Waals surface area contributed by atoms with Crippen LogP contribution in [-0.2, 0) is 17.6 Å². The molecule has 6 nitrogen and oxygen atoms in total. The number of nitrogens with one attached hydrogen (secondary N) is 2. The summed E-state index contributed by atoms with van der Waals surface area (Å²) in [5.41, 5.74) is 2.86. The zero-order valence-corrected chi connectivity index (χ0v) is 14.9. The Morgan fingerprint density at radius 1 is 1.32 bits per heavy atom. The molecule has 0 spiro atoms. The summed E-state index contributed by atoms with van der Waals surface area (Å²) in [7, 11) is 1.65. The zero-order valence-electron chi connectivity index (χ0n) is 14.0. The minimum absolute atomic E-state index is 0.314. The van der Waals surface area contributed by atoms with Crippen LogP contribution in [0.25, 0.3) is 0 Å². The number of anilines is 2. The number of methoxy groups -OCH3 is 1. The third-order valence-corrected chi connectivity index (χ3v) is 5.49. The van der Waals surface area contributed by atoms with E-state index in [1.165, 1.54) is 11.3 Å². The minimum Gasteiger partial charge on any atom is -0.478 e. The Morgan fingerprint density at radius 2 is 2.08 bits per heavy atom. The van der Waals surface area contributed by atoms with Crippen molar-refractivity contribution in [1.82, 2.24) is 0 Å². The van der Waals surface area contributed by atoms with Crippen molar-refractivity contribution in [2.24, 2.45) is 0 Å². The van der Waals surface area contributed by atoms with E-state index in [0.717, 1.165) is 35.4 Å². The number of thiophene rings is 1. The molecule has 1 atom stereocenters. The van der Waals surface area contributed by atoms with Crippen molar-refractivity contribution in [3.8, 4) is 0 Å². The normalized spacial score (nSPS) is 14.2. The molecule has 1 heterocycles. The predicted molar refractivity (Wildman–Crippen MR) is 98.7 cm³/mol. The summed E-state index contributed by atoms with van der Waals surface area (Å²) in [6, 6.07) is 7.38. The number of aryl methyl sites for hydroxylation is 1. The van der Waals surface area contributed by atoms with Crippen molar-refractivity contribution in [3.05, 3.63) is 45.8 Å². The molecule has 0 amide bonds. The number of carboxylic acids is 1. The second-order valence-corrected chi connectivity index (χ2v) is 7.06. The van der Waals surface area contributed by atoms with Crippen molar-refractivity contribution < 1.29 is 19.7 Å². The minimum atomic E-state index is -0.954. The number of hydrogen-bond donors (Lipinski definition) is 4. The number of carboxylic acid groups (broad SMARTS) is 1. The lowest BCUT2D eigenvalue weighted by Crippen LogP contribution is -2.12. The van der Waals surface area contributed by atoms with Crippen LogP contribution >= 0.6 is 11.3 Å². The van der Waals surface area contributed by atoms with Crippen LogP contribution in [0.2, 0.25) is 0 Å². The predicted octanol–water partition coefficient (Wildman–Crippen LogP) is 3.10. The number of rotatable bonds is 8. The maximum Gasteiger partial charge on any atom is 0.338 e. The Hall–Kier alpha value is -2.09. The van der Waals surface area contributed by atoms with Gasteiger partial charge in [0, 0.05) is 29.8 Å². The fraction of sp³-hybridized carbons (Fsp3) is 0.389. The molecule has 134 valence electrons. The molecule has 4 N–H and O–H groups in total.